The van der Waals surface area contributed by atoms with E-state index in [1.807, 2.05) is 0 Å². The van der Waals surface area contributed by atoms with Crippen molar-refractivity contribution in [2.24, 2.45) is 5.92 Å². The monoisotopic (exact) mass is 354 g/mol. The van der Waals surface area contributed by atoms with Crippen molar-refractivity contribution in [1.29, 1.82) is 0 Å². The Morgan fingerprint density at radius 3 is 2.33 bits per heavy atom. The largest absolute Gasteiger partial charge is 0.455 e. The summed E-state index contributed by atoms with van der Waals surface area (Å²) < 4.78 is 30.8. The molecule has 2 rings (SSSR count). The van der Waals surface area contributed by atoms with Gasteiger partial charge in [0.2, 0.25) is 10.0 Å². The lowest BCUT2D eigenvalue weighted by atomic mass is 10.3. The Bertz CT molecular complexity index is 708. The van der Waals surface area contributed by atoms with Crippen LogP contribution < -0.4 is 5.32 Å². The molecular formula is C16H22N2O5S. The molecule has 1 amide bonds. The number of amides is 1. The Hall–Kier alpha value is -1.93. The fraction of sp³-hybridized carbons (Fsp3) is 0.500. The molecule has 1 aromatic rings. The molecule has 0 atom stereocenters. The predicted octanol–water partition coefficient (Wildman–Crippen LogP) is 1.61. The second-order valence-corrected chi connectivity index (χ2v) is 8.07. The van der Waals surface area contributed by atoms with Crippen molar-refractivity contribution in [3.8, 4) is 0 Å². The second-order valence-electron chi connectivity index (χ2n) is 6.07. The third-order valence-corrected chi connectivity index (χ3v) is 5.85. The van der Waals surface area contributed by atoms with E-state index in [4.69, 9.17) is 4.74 Å². The average molecular weight is 354 g/mol. The highest BCUT2D eigenvalue weighted by molar-refractivity contribution is 7.89. The van der Waals surface area contributed by atoms with E-state index < -0.39 is 15.9 Å². The number of ether oxygens (including phenoxy) is 1. The molecule has 0 bridgehead atoms. The Labute approximate surface area is 142 Å². The summed E-state index contributed by atoms with van der Waals surface area (Å²) in [5.41, 5.74) is 0.439. The number of anilines is 1. The molecule has 132 valence electrons. The maximum atomic E-state index is 12.3. The van der Waals surface area contributed by atoms with Gasteiger partial charge in [-0.15, -0.1) is 0 Å². The summed E-state index contributed by atoms with van der Waals surface area (Å²) in [6, 6.07) is 5.71. The van der Waals surface area contributed by atoms with Crippen LogP contribution in [-0.4, -0.2) is 44.3 Å². The minimum atomic E-state index is -3.56. The van der Waals surface area contributed by atoms with Crippen molar-refractivity contribution >= 4 is 27.6 Å². The zero-order chi connectivity index (χ0) is 17.9. The number of nitrogens with zero attached hydrogens (tertiary/aromatic N) is 1. The van der Waals surface area contributed by atoms with Crippen LogP contribution in [0, 0.1) is 5.92 Å². The van der Waals surface area contributed by atoms with Crippen molar-refractivity contribution in [1.82, 2.24) is 4.31 Å². The molecule has 0 heterocycles. The van der Waals surface area contributed by atoms with Gasteiger partial charge in [0.25, 0.3) is 5.91 Å². The number of rotatable bonds is 7. The van der Waals surface area contributed by atoms with E-state index >= 15 is 0 Å². The third-order valence-electron chi connectivity index (χ3n) is 3.80. The fourth-order valence-corrected chi connectivity index (χ4v) is 3.29. The summed E-state index contributed by atoms with van der Waals surface area (Å²) in [5.74, 6) is -0.859. The first-order valence-corrected chi connectivity index (χ1v) is 9.20. The minimum Gasteiger partial charge on any atom is -0.455 e. The number of esters is 1. The molecule has 0 aromatic heterocycles. The normalized spacial score (nSPS) is 14.7. The maximum Gasteiger partial charge on any atom is 0.309 e. The van der Waals surface area contributed by atoms with Crippen LogP contribution in [0.2, 0.25) is 0 Å². The Morgan fingerprint density at radius 1 is 1.25 bits per heavy atom. The van der Waals surface area contributed by atoms with E-state index in [2.05, 4.69) is 5.32 Å². The van der Waals surface area contributed by atoms with Crippen molar-refractivity contribution in [2.75, 3.05) is 19.0 Å². The van der Waals surface area contributed by atoms with Crippen molar-refractivity contribution in [2.45, 2.75) is 37.6 Å². The van der Waals surface area contributed by atoms with E-state index in [0.717, 1.165) is 12.8 Å². The van der Waals surface area contributed by atoms with Gasteiger partial charge in [0.05, 0.1) is 10.8 Å². The number of sulfonamides is 1. The standard InChI is InChI=1S/C16H22N2O5S/c1-11(2)18(3)24(21,22)14-8-6-13(7-9-14)17-15(19)10-23-16(20)12-4-5-12/h6-9,11-12H,4-5,10H2,1-3H3,(H,17,19). The highest BCUT2D eigenvalue weighted by Crippen LogP contribution is 2.30. The molecule has 1 N–H and O–H groups in total. The quantitative estimate of drug-likeness (QED) is 0.751. The first kappa shape index (κ1) is 18.4. The van der Waals surface area contributed by atoms with Crippen molar-refractivity contribution < 1.29 is 22.7 Å². The lowest BCUT2D eigenvalue weighted by molar-refractivity contribution is -0.148. The summed E-state index contributed by atoms with van der Waals surface area (Å²) in [6.07, 6.45) is 1.64. The van der Waals surface area contributed by atoms with Crippen LogP contribution in [0.5, 0.6) is 0 Å². The predicted molar refractivity (Wildman–Crippen MR) is 88.8 cm³/mol. The first-order chi connectivity index (χ1) is 11.2. The Kier molecular flexibility index (Phi) is 5.61. The molecule has 1 aromatic carbocycles. The summed E-state index contributed by atoms with van der Waals surface area (Å²) in [6.45, 7) is 3.23. The summed E-state index contributed by atoms with van der Waals surface area (Å²) in [4.78, 5) is 23.2. The lowest BCUT2D eigenvalue weighted by Crippen LogP contribution is -2.33. The van der Waals surface area contributed by atoms with E-state index in [0.29, 0.717) is 5.69 Å². The highest BCUT2D eigenvalue weighted by atomic mass is 32.2. The van der Waals surface area contributed by atoms with E-state index in [9.17, 15) is 18.0 Å². The zero-order valence-corrected chi connectivity index (χ0v) is 14.8. The molecule has 24 heavy (non-hydrogen) atoms. The van der Waals surface area contributed by atoms with E-state index in [1.165, 1.54) is 35.6 Å². The maximum absolute atomic E-state index is 12.3. The van der Waals surface area contributed by atoms with Gasteiger partial charge in [-0.3, -0.25) is 9.59 Å². The van der Waals surface area contributed by atoms with Gasteiger partial charge in [0.1, 0.15) is 0 Å². The van der Waals surface area contributed by atoms with Crippen LogP contribution in [-0.2, 0) is 24.3 Å². The van der Waals surface area contributed by atoms with Crippen molar-refractivity contribution in [3.05, 3.63) is 24.3 Å². The van der Waals surface area contributed by atoms with E-state index in [-0.39, 0.29) is 29.4 Å². The van der Waals surface area contributed by atoms with Gasteiger partial charge in [0.15, 0.2) is 6.61 Å². The SMILES string of the molecule is CC(C)N(C)S(=O)(=O)c1ccc(NC(=O)COC(=O)C2CC2)cc1. The number of nitrogens with one attached hydrogen (secondary N) is 1. The molecule has 1 aliphatic rings. The second kappa shape index (κ2) is 7.31. The summed E-state index contributed by atoms with van der Waals surface area (Å²) in [7, 11) is -2.04. The lowest BCUT2D eigenvalue weighted by Gasteiger charge is -2.21. The number of hydrogen-bond acceptors (Lipinski definition) is 5. The Morgan fingerprint density at radius 2 is 1.83 bits per heavy atom. The number of carbonyl (C=O) groups excluding carboxylic acids is 2. The number of benzene rings is 1. The molecule has 1 saturated carbocycles. The number of hydrogen-bond donors (Lipinski definition) is 1. The summed E-state index contributed by atoms with van der Waals surface area (Å²) >= 11 is 0. The van der Waals surface area contributed by atoms with Crippen LogP contribution in [0.15, 0.2) is 29.2 Å². The molecule has 0 aliphatic heterocycles. The van der Waals surface area contributed by atoms with Gasteiger partial charge in [-0.1, -0.05) is 0 Å². The van der Waals surface area contributed by atoms with Crippen LogP contribution in [0.25, 0.3) is 0 Å². The smallest absolute Gasteiger partial charge is 0.309 e. The first-order valence-electron chi connectivity index (χ1n) is 7.76. The molecule has 8 heteroatoms. The molecule has 0 spiro atoms. The van der Waals surface area contributed by atoms with Gasteiger partial charge in [-0.25, -0.2) is 8.42 Å². The van der Waals surface area contributed by atoms with Gasteiger partial charge < -0.3 is 10.1 Å². The van der Waals surface area contributed by atoms with E-state index in [1.54, 1.807) is 13.8 Å². The summed E-state index contributed by atoms with van der Waals surface area (Å²) in [5, 5.41) is 2.56. The van der Waals surface area contributed by atoms with Crippen LogP contribution in [0.4, 0.5) is 5.69 Å². The van der Waals surface area contributed by atoms with Crippen LogP contribution in [0.3, 0.4) is 0 Å². The molecule has 0 saturated heterocycles. The molecule has 0 unspecified atom stereocenters. The third kappa shape index (κ3) is 4.55. The van der Waals surface area contributed by atoms with Gasteiger partial charge in [0, 0.05) is 18.8 Å². The topological polar surface area (TPSA) is 92.8 Å². The highest BCUT2D eigenvalue weighted by Gasteiger charge is 2.31. The van der Waals surface area contributed by atoms with Crippen molar-refractivity contribution in [3.63, 3.8) is 0 Å². The molecular weight excluding hydrogens is 332 g/mol. The average Bonchev–Trinajstić information content (AvgIpc) is 3.37. The number of carbonyl (C=O) groups is 2. The zero-order valence-electron chi connectivity index (χ0n) is 14.0. The van der Waals surface area contributed by atoms with Crippen LogP contribution >= 0.6 is 0 Å². The van der Waals surface area contributed by atoms with Gasteiger partial charge in [-0.2, -0.15) is 4.31 Å². The molecule has 1 fully saturated rings. The molecule has 1 aliphatic carbocycles. The van der Waals surface area contributed by atoms with Gasteiger partial charge in [-0.05, 0) is 51.0 Å². The van der Waals surface area contributed by atoms with Gasteiger partial charge >= 0.3 is 5.97 Å². The Balaban J connectivity index is 1.94. The molecule has 0 radical (unpaired) electrons. The minimum absolute atomic E-state index is 0.0553. The van der Waals surface area contributed by atoms with Crippen LogP contribution in [0.1, 0.15) is 26.7 Å². The molecule has 7 nitrogen and oxygen atoms in total. The fourth-order valence-electron chi connectivity index (χ4n) is 1.92.